The fraction of sp³-hybridized carbons (Fsp3) is 0.550. The lowest BCUT2D eigenvalue weighted by Gasteiger charge is -2.34. The number of carbonyl (C=O) groups is 7. The van der Waals surface area contributed by atoms with Crippen molar-refractivity contribution in [3.8, 4) is 38.4 Å². The molecule has 3 fully saturated rings. The smallest absolute Gasteiger partial charge is 0.251 e. The first-order chi connectivity index (χ1) is 42.6. The van der Waals surface area contributed by atoms with Gasteiger partial charge in [0.1, 0.15) is 52.0 Å². The molecule has 16 N–H and O–H groups in total. The van der Waals surface area contributed by atoms with Crippen molar-refractivity contribution in [3.63, 3.8) is 0 Å². The summed E-state index contributed by atoms with van der Waals surface area (Å²) in [6.07, 6.45) is -7.40. The fourth-order valence-electron chi connectivity index (χ4n) is 10.7. The molecule has 502 valence electrons. The Morgan fingerprint density at radius 2 is 1.32 bits per heavy atom. The van der Waals surface area contributed by atoms with Crippen molar-refractivity contribution >= 4 is 77.5 Å². The highest BCUT2D eigenvalue weighted by Crippen LogP contribution is 2.33. The van der Waals surface area contributed by atoms with Gasteiger partial charge in [-0.05, 0) is 106 Å². The molecule has 7 rings (SSSR count). The summed E-state index contributed by atoms with van der Waals surface area (Å²) < 4.78 is 16.7. The number of β-amino-alcohol motifs (C(OH)–C–C–N with tert-alkyl or cyclic N) is 1. The van der Waals surface area contributed by atoms with Crippen LogP contribution < -0.4 is 47.5 Å². The number of phenolic OH excluding ortho intramolecular Hbond substituents is 1. The quantitative estimate of drug-likeness (QED) is 0.0397. The van der Waals surface area contributed by atoms with Crippen molar-refractivity contribution in [1.82, 2.24) is 46.6 Å². The molecule has 0 aliphatic carbocycles. The predicted molar refractivity (Wildman–Crippen MR) is 337 cm³/mol. The summed E-state index contributed by atoms with van der Waals surface area (Å²) in [6.45, 7) is 2.71. The highest BCUT2D eigenvalue weighted by Gasteiger charge is 2.50. The average Bonchev–Trinajstić information content (AvgIpc) is 1.91. The van der Waals surface area contributed by atoms with Gasteiger partial charge in [0.25, 0.3) is 5.91 Å². The number of nitrogens with two attached hydrogens (primary N) is 2. The van der Waals surface area contributed by atoms with E-state index in [4.69, 9.17) is 25.7 Å². The topological polar surface area (TPSA) is 433 Å². The second kappa shape index (κ2) is 35.8. The average molecular weight is 1340 g/mol. The van der Waals surface area contributed by atoms with E-state index in [2.05, 4.69) is 36.8 Å². The number of unbranched alkanes of at least 4 members (excludes halogenated alkanes) is 3. The summed E-state index contributed by atoms with van der Waals surface area (Å²) >= 11 is 1.30. The van der Waals surface area contributed by atoms with Gasteiger partial charge >= 0.3 is 0 Å². The van der Waals surface area contributed by atoms with E-state index in [0.29, 0.717) is 28.6 Å². The number of amides is 7. The standard InChI is InChI=1S/C60H83N11O17S.2ClH/c1-32-30-71-50(51(32)78)56(83)63-29-38(73)27-41(64-52(79)35-10-12-36(13-11-35)57-68-69-58(89-57)37-14-16-40(17-15-37)87-23-7-5-4-6-22-86-3)53(80)65-47(33(2)72)59(84)70-31-39(74)28-42(70)54(81)66-48(55(82)67-49(60(71)85)44(76)19-21-62)45(77)25-34-9-18-43(75)46(26-34)88-24-8-20-61;;/h9-18,26,32-33,38-39,41-42,44-45,47-51,72-78H,4-8,19-25,27-31,61-62H2,1-3H3,(H,63,83)(H,64,79)(H,65,80)(H,66,81)(H,67,82);2*1H/t32-,33+,38+,39+,41-,42-,44+,45+,47-,48-,49-,50-,51-;;/m0../s1. The number of benzene rings is 3. The molecule has 31 heteroatoms. The molecule has 0 spiro atoms. The third kappa shape index (κ3) is 20.1. The van der Waals surface area contributed by atoms with E-state index in [0.717, 1.165) is 60.3 Å². The number of nitrogens with one attached hydrogen (secondary N) is 5. The molecular formula is C60H85Cl2N11O17S. The number of rotatable bonds is 23. The normalized spacial score (nSPS) is 24.6. The number of aromatic nitrogens is 2. The molecule has 0 bridgehead atoms. The van der Waals surface area contributed by atoms with E-state index < -0.39 is 152 Å². The first-order valence-electron chi connectivity index (χ1n) is 29.8. The minimum Gasteiger partial charge on any atom is -0.504 e. The van der Waals surface area contributed by atoms with Crippen LogP contribution in [0.2, 0.25) is 0 Å². The summed E-state index contributed by atoms with van der Waals surface area (Å²) in [5, 5.41) is 101. The van der Waals surface area contributed by atoms with Gasteiger partial charge < -0.3 is 97.8 Å². The van der Waals surface area contributed by atoms with Gasteiger partial charge in [-0.25, -0.2) is 0 Å². The lowest BCUT2D eigenvalue weighted by molar-refractivity contribution is -0.147. The first kappa shape index (κ1) is 74.9. The van der Waals surface area contributed by atoms with Crippen LogP contribution in [0.5, 0.6) is 17.2 Å². The molecule has 0 unspecified atom stereocenters. The zero-order valence-corrected chi connectivity index (χ0v) is 53.2. The molecule has 28 nitrogen and oxygen atoms in total. The number of aromatic hydroxyl groups is 1. The van der Waals surface area contributed by atoms with Crippen LogP contribution in [0.1, 0.15) is 81.1 Å². The van der Waals surface area contributed by atoms with Crippen molar-refractivity contribution in [3.05, 3.63) is 77.9 Å². The van der Waals surface area contributed by atoms with Gasteiger partial charge in [0.15, 0.2) is 11.5 Å². The van der Waals surface area contributed by atoms with Gasteiger partial charge in [-0.2, -0.15) is 0 Å². The van der Waals surface area contributed by atoms with Crippen LogP contribution in [-0.4, -0.2) is 230 Å². The number of hydrogen-bond acceptors (Lipinski definition) is 22. The Bertz CT molecular complexity index is 3050. The molecule has 3 aromatic carbocycles. The maximum Gasteiger partial charge on any atom is 0.251 e. The summed E-state index contributed by atoms with van der Waals surface area (Å²) in [4.78, 5) is 103. The van der Waals surface area contributed by atoms with E-state index in [1.807, 2.05) is 24.3 Å². The minimum atomic E-state index is -2.04. The van der Waals surface area contributed by atoms with Crippen LogP contribution in [0.15, 0.2) is 66.7 Å². The molecule has 4 heterocycles. The van der Waals surface area contributed by atoms with E-state index in [-0.39, 0.29) is 80.1 Å². The van der Waals surface area contributed by atoms with Gasteiger partial charge in [-0.3, -0.25) is 33.6 Å². The van der Waals surface area contributed by atoms with Crippen LogP contribution in [0, 0.1) is 5.92 Å². The van der Waals surface area contributed by atoms with Crippen LogP contribution in [0.4, 0.5) is 0 Å². The van der Waals surface area contributed by atoms with Gasteiger partial charge in [0.2, 0.25) is 35.4 Å². The maximum absolute atomic E-state index is 14.7. The monoisotopic (exact) mass is 1330 g/mol. The molecule has 4 aromatic rings. The van der Waals surface area contributed by atoms with Gasteiger partial charge in [0.05, 0.1) is 49.8 Å². The third-order valence-corrected chi connectivity index (χ3v) is 16.7. The number of aliphatic hydroxyl groups excluding tert-OH is 6. The second-order valence-electron chi connectivity index (χ2n) is 22.6. The van der Waals surface area contributed by atoms with Gasteiger partial charge in [-0.15, -0.1) is 35.0 Å². The maximum atomic E-state index is 14.7. The Morgan fingerprint density at radius 3 is 1.96 bits per heavy atom. The Labute approximate surface area is 543 Å². The summed E-state index contributed by atoms with van der Waals surface area (Å²) in [6, 6.07) is 6.71. The SMILES string of the molecule is COCCCCCCOc1ccc(-c2nnc(-c3ccc(C(=O)N[C@H]4C[C@@H](O)CNC(=O)[C@@H]5[C@@H](O)[C@@H](C)CN5C(=O)[C@H]([C@H](O)CCN)NC(=O)[C@H]([C@H](O)Cc5ccc(O)c(OCCCN)c5)NC(=O)[C@@H]5C[C@@H](O)CN5C(=O)[C@H]([C@@H](C)O)NC4=O)cc3)s2)cc1.Cl.Cl. The van der Waals surface area contributed by atoms with Gasteiger partial charge in [-0.1, -0.05) is 42.9 Å². The van der Waals surface area contributed by atoms with Gasteiger partial charge in [0, 0.05) is 75.2 Å². The molecule has 0 saturated carbocycles. The molecule has 3 aliphatic rings. The molecule has 0 radical (unpaired) electrons. The number of nitrogens with zero attached hydrogens (tertiary/aromatic N) is 4. The Hall–Kier alpha value is -6.87. The number of hydrogen-bond donors (Lipinski definition) is 14. The molecule has 3 aliphatic heterocycles. The number of carbonyl (C=O) groups excluding carboxylic acids is 7. The Balaban J connectivity index is 0.00000752. The van der Waals surface area contributed by atoms with Crippen LogP contribution in [0.3, 0.4) is 0 Å². The fourth-order valence-corrected chi connectivity index (χ4v) is 11.6. The Kier molecular flexibility index (Phi) is 29.5. The second-order valence-corrected chi connectivity index (χ2v) is 23.6. The molecular weight excluding hydrogens is 1250 g/mol. The zero-order valence-electron chi connectivity index (χ0n) is 50.8. The Morgan fingerprint density at radius 1 is 0.703 bits per heavy atom. The highest BCUT2D eigenvalue weighted by atomic mass is 35.5. The number of aliphatic hydroxyl groups is 6. The molecule has 3 saturated heterocycles. The first-order valence-corrected chi connectivity index (χ1v) is 30.6. The zero-order chi connectivity index (χ0) is 64.5. The van der Waals surface area contributed by atoms with Crippen LogP contribution in [0.25, 0.3) is 21.1 Å². The highest BCUT2D eigenvalue weighted by molar-refractivity contribution is 7.17. The van der Waals surface area contributed by atoms with Crippen molar-refractivity contribution in [2.24, 2.45) is 17.4 Å². The summed E-state index contributed by atoms with van der Waals surface area (Å²) in [5.41, 5.74) is 13.1. The van der Waals surface area contributed by atoms with E-state index in [1.54, 1.807) is 19.2 Å². The largest absolute Gasteiger partial charge is 0.504 e. The van der Waals surface area contributed by atoms with Crippen molar-refractivity contribution in [2.75, 3.05) is 59.7 Å². The van der Waals surface area contributed by atoms with Crippen molar-refractivity contribution in [1.29, 1.82) is 0 Å². The molecule has 91 heavy (non-hydrogen) atoms. The van der Waals surface area contributed by atoms with E-state index >= 15 is 0 Å². The lowest BCUT2D eigenvalue weighted by Crippen LogP contribution is -2.64. The number of ether oxygens (including phenoxy) is 3. The van der Waals surface area contributed by atoms with Crippen LogP contribution >= 0.6 is 36.2 Å². The van der Waals surface area contributed by atoms with Crippen molar-refractivity contribution in [2.45, 2.75) is 145 Å². The van der Waals surface area contributed by atoms with Crippen molar-refractivity contribution < 1.29 is 83.5 Å². The molecule has 1 aromatic heterocycles. The number of methoxy groups -OCH3 is 1. The minimum absolute atomic E-state index is 0. The van der Waals surface area contributed by atoms with Crippen LogP contribution in [-0.2, 0) is 39.9 Å². The summed E-state index contributed by atoms with van der Waals surface area (Å²) in [7, 11) is 1.69. The summed E-state index contributed by atoms with van der Waals surface area (Å²) in [5.74, 6) is -7.88. The molecule has 7 amide bonds. The predicted octanol–water partition coefficient (Wildman–Crippen LogP) is -0.968. The van der Waals surface area contributed by atoms with E-state index in [1.165, 1.54) is 48.6 Å². The third-order valence-electron chi connectivity index (χ3n) is 15.7. The molecule has 13 atom stereocenters. The number of fused-ring (bicyclic) bond motifs is 2. The number of phenols is 1. The lowest BCUT2D eigenvalue weighted by atomic mass is 9.98. The number of halogens is 2. The van der Waals surface area contributed by atoms with E-state index in [9.17, 15) is 69.3 Å².